The van der Waals surface area contributed by atoms with Crippen molar-refractivity contribution in [2.24, 2.45) is 11.7 Å². The number of hydrogen-bond acceptors (Lipinski definition) is 2. The van der Waals surface area contributed by atoms with E-state index in [4.69, 9.17) is 18.0 Å². The van der Waals surface area contributed by atoms with Crippen molar-refractivity contribution in [3.8, 4) is 0 Å². The van der Waals surface area contributed by atoms with Gasteiger partial charge in [0.1, 0.15) is 0 Å². The minimum Gasteiger partial charge on any atom is -0.393 e. The number of benzene rings is 1. The average Bonchev–Trinajstić information content (AvgIpc) is 2.34. The Morgan fingerprint density at radius 1 is 1.50 bits per heavy atom. The lowest BCUT2D eigenvalue weighted by molar-refractivity contribution is -0.138. The molecule has 0 bridgehead atoms. The molecule has 1 amide bonds. The molecule has 0 aromatic heterocycles. The van der Waals surface area contributed by atoms with Gasteiger partial charge in [0.25, 0.3) is 5.91 Å². The van der Waals surface area contributed by atoms with Gasteiger partial charge in [0.05, 0.1) is 16.1 Å². The number of nitrogens with one attached hydrogen (secondary N) is 1. The van der Waals surface area contributed by atoms with E-state index in [0.29, 0.717) is 0 Å². The van der Waals surface area contributed by atoms with Crippen molar-refractivity contribution in [3.63, 3.8) is 0 Å². The topological polar surface area (TPSA) is 55.1 Å². The Labute approximate surface area is 127 Å². The van der Waals surface area contributed by atoms with Crippen molar-refractivity contribution in [1.29, 1.82) is 0 Å². The first kappa shape index (κ1) is 16.9. The van der Waals surface area contributed by atoms with E-state index in [0.717, 1.165) is 12.1 Å². The molecule has 110 valence electrons. The first-order valence-electron chi connectivity index (χ1n) is 5.57. The molecule has 0 aliphatic heterocycles. The highest BCUT2D eigenvalue weighted by Crippen LogP contribution is 2.33. The Kier molecular flexibility index (Phi) is 5.52. The average molecular weight is 369 g/mol. The maximum atomic E-state index is 12.9. The number of carbonyl (C=O) groups excluding carboxylic acids is 1. The second-order valence-electron chi connectivity index (χ2n) is 4.20. The van der Waals surface area contributed by atoms with Crippen LogP contribution < -0.4 is 11.1 Å². The zero-order chi connectivity index (χ0) is 15.5. The highest BCUT2D eigenvalue weighted by molar-refractivity contribution is 9.10. The predicted molar refractivity (Wildman–Crippen MR) is 77.4 cm³/mol. The molecule has 0 saturated carbocycles. The van der Waals surface area contributed by atoms with E-state index >= 15 is 0 Å². The van der Waals surface area contributed by atoms with Crippen LogP contribution in [0.2, 0.25) is 0 Å². The number of rotatable bonds is 4. The molecule has 0 radical (unpaired) electrons. The van der Waals surface area contributed by atoms with Crippen LogP contribution in [0.3, 0.4) is 0 Å². The summed E-state index contributed by atoms with van der Waals surface area (Å²) < 4.78 is 38.9. The summed E-state index contributed by atoms with van der Waals surface area (Å²) >= 11 is 7.68. The second kappa shape index (κ2) is 6.53. The maximum Gasteiger partial charge on any atom is 0.417 e. The van der Waals surface area contributed by atoms with E-state index < -0.39 is 23.2 Å². The molecule has 3 N–H and O–H groups in total. The SMILES string of the molecule is CC(CNC(=O)c1ccc(Br)cc1C(F)(F)F)C(N)=S. The molecule has 8 heteroatoms. The number of nitrogens with two attached hydrogens (primary N) is 1. The van der Waals surface area contributed by atoms with Crippen LogP contribution >= 0.6 is 28.1 Å². The predicted octanol–water partition coefficient (Wildman–Crippen LogP) is 3.12. The molecule has 1 unspecified atom stereocenters. The van der Waals surface area contributed by atoms with Gasteiger partial charge < -0.3 is 11.1 Å². The van der Waals surface area contributed by atoms with Crippen LogP contribution in [0, 0.1) is 5.92 Å². The van der Waals surface area contributed by atoms with E-state index in [1.165, 1.54) is 6.07 Å². The molecule has 20 heavy (non-hydrogen) atoms. The highest BCUT2D eigenvalue weighted by atomic mass is 79.9. The third-order valence-corrected chi connectivity index (χ3v) is 3.48. The molecule has 3 nitrogen and oxygen atoms in total. The lowest BCUT2D eigenvalue weighted by Crippen LogP contribution is -2.34. The number of thiocarbonyl (C=S) groups is 1. The summed E-state index contributed by atoms with van der Waals surface area (Å²) in [6.45, 7) is 1.76. The lowest BCUT2D eigenvalue weighted by Gasteiger charge is -2.15. The number of amides is 1. The molecule has 0 aliphatic carbocycles. The largest absolute Gasteiger partial charge is 0.417 e. The molecule has 0 heterocycles. The van der Waals surface area contributed by atoms with Gasteiger partial charge >= 0.3 is 6.18 Å². The molecule has 0 aliphatic rings. The lowest BCUT2D eigenvalue weighted by atomic mass is 10.1. The standard InChI is InChI=1S/C12H12BrF3N2OS/c1-6(10(17)20)5-18-11(19)8-3-2-7(13)4-9(8)12(14,15)16/h2-4,6H,5H2,1H3,(H2,17,20)(H,18,19). The van der Waals surface area contributed by atoms with E-state index in [2.05, 4.69) is 21.2 Å². The molecule has 1 rings (SSSR count). The van der Waals surface area contributed by atoms with Gasteiger partial charge in [-0.3, -0.25) is 4.79 Å². The van der Waals surface area contributed by atoms with Gasteiger partial charge in [0.2, 0.25) is 0 Å². The molecule has 0 spiro atoms. The monoisotopic (exact) mass is 368 g/mol. The summed E-state index contributed by atoms with van der Waals surface area (Å²) in [6, 6.07) is 3.36. The number of alkyl halides is 3. The fraction of sp³-hybridized carbons (Fsp3) is 0.333. The van der Waals surface area contributed by atoms with Crippen molar-refractivity contribution in [3.05, 3.63) is 33.8 Å². The van der Waals surface area contributed by atoms with Gasteiger partial charge in [-0.25, -0.2) is 0 Å². The Morgan fingerprint density at radius 2 is 2.10 bits per heavy atom. The number of carbonyl (C=O) groups is 1. The van der Waals surface area contributed by atoms with Crippen LogP contribution in [-0.4, -0.2) is 17.4 Å². The van der Waals surface area contributed by atoms with Crippen LogP contribution in [0.15, 0.2) is 22.7 Å². The molecule has 1 atom stereocenters. The first-order chi connectivity index (χ1) is 9.12. The van der Waals surface area contributed by atoms with Gasteiger partial charge in [0, 0.05) is 16.9 Å². The highest BCUT2D eigenvalue weighted by Gasteiger charge is 2.35. The third kappa shape index (κ3) is 4.45. The van der Waals surface area contributed by atoms with Crippen LogP contribution in [0.5, 0.6) is 0 Å². The second-order valence-corrected chi connectivity index (χ2v) is 5.59. The van der Waals surface area contributed by atoms with Crippen LogP contribution in [0.4, 0.5) is 13.2 Å². The van der Waals surface area contributed by atoms with Crippen molar-refractivity contribution < 1.29 is 18.0 Å². The van der Waals surface area contributed by atoms with Gasteiger partial charge in [-0.2, -0.15) is 13.2 Å². The van der Waals surface area contributed by atoms with Crippen LogP contribution in [-0.2, 0) is 6.18 Å². The van der Waals surface area contributed by atoms with Crippen molar-refractivity contribution in [2.75, 3.05) is 6.54 Å². The van der Waals surface area contributed by atoms with Gasteiger partial charge in [-0.1, -0.05) is 35.1 Å². The summed E-state index contributed by atoms with van der Waals surface area (Å²) in [5.41, 5.74) is 3.95. The van der Waals surface area contributed by atoms with Gasteiger partial charge in [-0.15, -0.1) is 0 Å². The van der Waals surface area contributed by atoms with E-state index in [-0.39, 0.29) is 21.9 Å². The fourth-order valence-electron chi connectivity index (χ4n) is 1.39. The Morgan fingerprint density at radius 3 is 2.60 bits per heavy atom. The summed E-state index contributed by atoms with van der Waals surface area (Å²) in [7, 11) is 0. The van der Waals surface area contributed by atoms with Crippen molar-refractivity contribution in [2.45, 2.75) is 13.1 Å². The zero-order valence-electron chi connectivity index (χ0n) is 10.4. The van der Waals surface area contributed by atoms with Crippen molar-refractivity contribution >= 4 is 39.0 Å². The normalized spacial score (nSPS) is 12.8. The summed E-state index contributed by atoms with van der Waals surface area (Å²) in [5, 5.41) is 2.39. The molecule has 1 aromatic carbocycles. The smallest absolute Gasteiger partial charge is 0.393 e. The first-order valence-corrected chi connectivity index (χ1v) is 6.77. The number of halogens is 4. The Balaban J connectivity index is 2.96. The minimum absolute atomic E-state index is 0.0848. The maximum absolute atomic E-state index is 12.9. The minimum atomic E-state index is -4.61. The Hall–Kier alpha value is -1.15. The van der Waals surface area contributed by atoms with Gasteiger partial charge in [0.15, 0.2) is 0 Å². The summed E-state index contributed by atoms with van der Waals surface area (Å²) in [5.74, 6) is -1.10. The molecular weight excluding hydrogens is 357 g/mol. The quantitative estimate of drug-likeness (QED) is 0.802. The van der Waals surface area contributed by atoms with Crippen molar-refractivity contribution in [1.82, 2.24) is 5.32 Å². The fourth-order valence-corrected chi connectivity index (χ4v) is 1.84. The van der Waals surface area contributed by atoms with E-state index in [1.54, 1.807) is 6.92 Å². The Bertz CT molecular complexity index is 534. The summed E-state index contributed by atoms with van der Waals surface area (Å²) in [4.78, 5) is 12.0. The third-order valence-electron chi connectivity index (χ3n) is 2.59. The molecule has 1 aromatic rings. The van der Waals surface area contributed by atoms with E-state index in [9.17, 15) is 18.0 Å². The summed E-state index contributed by atoms with van der Waals surface area (Å²) in [6.07, 6.45) is -4.61. The van der Waals surface area contributed by atoms with Crippen LogP contribution in [0.1, 0.15) is 22.8 Å². The number of hydrogen-bond donors (Lipinski definition) is 2. The molecular formula is C12H12BrF3N2OS. The van der Waals surface area contributed by atoms with E-state index in [1.807, 2.05) is 0 Å². The molecule has 0 fully saturated rings. The van der Waals surface area contributed by atoms with Gasteiger partial charge in [-0.05, 0) is 18.2 Å². The van der Waals surface area contributed by atoms with Crippen LogP contribution in [0.25, 0.3) is 0 Å². The zero-order valence-corrected chi connectivity index (χ0v) is 12.8. The molecule has 0 saturated heterocycles.